The largest absolute Gasteiger partial charge is 0.379 e. The summed E-state index contributed by atoms with van der Waals surface area (Å²) in [7, 11) is 1.67. The van der Waals surface area contributed by atoms with Gasteiger partial charge in [0.25, 0.3) is 5.91 Å². The number of hydrogen-bond donors (Lipinski definition) is 1. The zero-order chi connectivity index (χ0) is 18.1. The van der Waals surface area contributed by atoms with E-state index >= 15 is 0 Å². The third-order valence-electron chi connectivity index (χ3n) is 5.51. The number of ether oxygens (including phenoxy) is 1. The molecule has 2 amide bonds. The van der Waals surface area contributed by atoms with E-state index in [0.717, 1.165) is 12.8 Å². The Labute approximate surface area is 147 Å². The molecule has 1 saturated heterocycles. The third kappa shape index (κ3) is 3.68. The maximum absolute atomic E-state index is 13.3. The average Bonchev–Trinajstić information content (AvgIpc) is 2.95. The number of methoxy groups -OCH3 is 1. The van der Waals surface area contributed by atoms with E-state index in [4.69, 9.17) is 4.74 Å². The first-order chi connectivity index (χ1) is 11.9. The summed E-state index contributed by atoms with van der Waals surface area (Å²) in [5.74, 6) is 0.299. The summed E-state index contributed by atoms with van der Waals surface area (Å²) >= 11 is 0. The predicted octanol–water partition coefficient (Wildman–Crippen LogP) is 2.14. The molecule has 5 nitrogen and oxygen atoms in total. The number of rotatable bonds is 3. The van der Waals surface area contributed by atoms with Gasteiger partial charge >= 0.3 is 0 Å². The lowest BCUT2D eigenvalue weighted by atomic mass is 9.77. The standard InChI is InChI=1S/C19H25FN2O3/c1-11-6-15(20)4-5-16(11)19(24)22-9-13-7-17(21-12(2)23)18(25-3)8-14(13)10-22/h4-6,13-14,17-18H,7-10H2,1-3H3,(H,21,23)/t13-,14+,17-,18-/m1/s1. The molecule has 2 aliphatic rings. The number of nitrogens with one attached hydrogen (secondary N) is 1. The van der Waals surface area contributed by atoms with Gasteiger partial charge < -0.3 is 15.0 Å². The molecule has 0 aromatic heterocycles. The summed E-state index contributed by atoms with van der Waals surface area (Å²) in [5.41, 5.74) is 1.22. The van der Waals surface area contributed by atoms with Crippen LogP contribution in [0, 0.1) is 24.6 Å². The average molecular weight is 348 g/mol. The molecule has 1 aromatic rings. The van der Waals surface area contributed by atoms with Crippen molar-refractivity contribution in [3.63, 3.8) is 0 Å². The van der Waals surface area contributed by atoms with Crippen molar-refractivity contribution in [2.45, 2.75) is 38.8 Å². The fourth-order valence-electron chi connectivity index (χ4n) is 4.29. The topological polar surface area (TPSA) is 58.6 Å². The Morgan fingerprint density at radius 3 is 2.52 bits per heavy atom. The molecule has 6 heteroatoms. The normalized spacial score (nSPS) is 28.6. The second-order valence-corrected chi connectivity index (χ2v) is 7.24. The first kappa shape index (κ1) is 17.9. The third-order valence-corrected chi connectivity index (χ3v) is 5.51. The number of fused-ring (bicyclic) bond motifs is 1. The van der Waals surface area contributed by atoms with Crippen LogP contribution < -0.4 is 5.32 Å². The van der Waals surface area contributed by atoms with Crippen LogP contribution in [0.5, 0.6) is 0 Å². The highest BCUT2D eigenvalue weighted by molar-refractivity contribution is 5.95. The van der Waals surface area contributed by atoms with Crippen LogP contribution in [-0.2, 0) is 9.53 Å². The van der Waals surface area contributed by atoms with Crippen molar-refractivity contribution in [3.8, 4) is 0 Å². The molecule has 1 heterocycles. The van der Waals surface area contributed by atoms with E-state index in [1.165, 1.54) is 19.1 Å². The SMILES string of the molecule is CO[C@@H]1C[C@H]2CN(C(=O)c3ccc(F)cc3C)C[C@H]2C[C@H]1NC(C)=O. The van der Waals surface area contributed by atoms with Crippen molar-refractivity contribution < 1.29 is 18.7 Å². The van der Waals surface area contributed by atoms with Crippen LogP contribution in [0.4, 0.5) is 4.39 Å². The van der Waals surface area contributed by atoms with Crippen molar-refractivity contribution >= 4 is 11.8 Å². The first-order valence-electron chi connectivity index (χ1n) is 8.74. The summed E-state index contributed by atoms with van der Waals surface area (Å²) < 4.78 is 18.9. The Kier molecular flexibility index (Phi) is 5.08. The molecule has 1 N–H and O–H groups in total. The van der Waals surface area contributed by atoms with Crippen LogP contribution in [0.1, 0.15) is 35.7 Å². The van der Waals surface area contributed by atoms with E-state index in [0.29, 0.717) is 36.1 Å². The molecular formula is C19H25FN2O3. The van der Waals surface area contributed by atoms with E-state index in [1.807, 2.05) is 4.90 Å². The Bertz CT molecular complexity index is 679. The molecule has 0 radical (unpaired) electrons. The number of amides is 2. The quantitative estimate of drug-likeness (QED) is 0.910. The van der Waals surface area contributed by atoms with Crippen LogP contribution in [0.25, 0.3) is 0 Å². The van der Waals surface area contributed by atoms with Gasteiger partial charge in [-0.05, 0) is 55.4 Å². The Hall–Kier alpha value is -1.95. The van der Waals surface area contributed by atoms with Gasteiger partial charge in [0.2, 0.25) is 5.91 Å². The minimum atomic E-state index is -0.328. The predicted molar refractivity (Wildman–Crippen MR) is 91.7 cm³/mol. The highest BCUT2D eigenvalue weighted by Crippen LogP contribution is 2.38. The highest BCUT2D eigenvalue weighted by Gasteiger charge is 2.44. The minimum absolute atomic E-state index is 0.00800. The molecule has 1 saturated carbocycles. The van der Waals surface area contributed by atoms with E-state index < -0.39 is 0 Å². The van der Waals surface area contributed by atoms with Crippen molar-refractivity contribution in [1.29, 1.82) is 0 Å². The Morgan fingerprint density at radius 1 is 1.24 bits per heavy atom. The number of likely N-dealkylation sites (tertiary alicyclic amines) is 1. The van der Waals surface area contributed by atoms with Gasteiger partial charge in [0, 0.05) is 32.7 Å². The molecule has 0 spiro atoms. The molecule has 4 atom stereocenters. The van der Waals surface area contributed by atoms with Crippen molar-refractivity contribution in [2.75, 3.05) is 20.2 Å². The van der Waals surface area contributed by atoms with Gasteiger partial charge in [-0.1, -0.05) is 0 Å². The summed E-state index contributed by atoms with van der Waals surface area (Å²) in [6.45, 7) is 4.63. The molecule has 1 aliphatic carbocycles. The van der Waals surface area contributed by atoms with E-state index in [2.05, 4.69) is 5.32 Å². The molecule has 0 bridgehead atoms. The number of hydrogen-bond acceptors (Lipinski definition) is 3. The molecule has 25 heavy (non-hydrogen) atoms. The second-order valence-electron chi connectivity index (χ2n) is 7.24. The molecule has 2 fully saturated rings. The van der Waals surface area contributed by atoms with Gasteiger partial charge in [-0.3, -0.25) is 9.59 Å². The molecule has 0 unspecified atom stereocenters. The summed E-state index contributed by atoms with van der Waals surface area (Å²) in [5, 5.41) is 2.98. The number of carbonyl (C=O) groups is 2. The number of halogens is 1. The first-order valence-corrected chi connectivity index (χ1v) is 8.74. The molecule has 136 valence electrons. The summed E-state index contributed by atoms with van der Waals surface area (Å²) in [6, 6.07) is 4.28. The zero-order valence-corrected chi connectivity index (χ0v) is 14.9. The Balaban J connectivity index is 1.72. The van der Waals surface area contributed by atoms with Crippen LogP contribution >= 0.6 is 0 Å². The Morgan fingerprint density at radius 2 is 1.92 bits per heavy atom. The number of carbonyl (C=O) groups excluding carboxylic acids is 2. The fourth-order valence-corrected chi connectivity index (χ4v) is 4.29. The van der Waals surface area contributed by atoms with Gasteiger partial charge in [-0.15, -0.1) is 0 Å². The minimum Gasteiger partial charge on any atom is -0.379 e. The lowest BCUT2D eigenvalue weighted by molar-refractivity contribution is -0.121. The van der Waals surface area contributed by atoms with Crippen LogP contribution in [0.15, 0.2) is 18.2 Å². The van der Waals surface area contributed by atoms with E-state index in [1.54, 1.807) is 20.1 Å². The van der Waals surface area contributed by atoms with Crippen LogP contribution in [0.2, 0.25) is 0 Å². The lowest BCUT2D eigenvalue weighted by Gasteiger charge is -2.37. The lowest BCUT2D eigenvalue weighted by Crippen LogP contribution is -2.49. The van der Waals surface area contributed by atoms with Gasteiger partial charge in [0.15, 0.2) is 0 Å². The summed E-state index contributed by atoms with van der Waals surface area (Å²) in [4.78, 5) is 26.1. The van der Waals surface area contributed by atoms with Crippen LogP contribution in [-0.4, -0.2) is 49.1 Å². The molecule has 3 rings (SSSR count). The van der Waals surface area contributed by atoms with E-state index in [9.17, 15) is 14.0 Å². The molecule has 1 aliphatic heterocycles. The maximum Gasteiger partial charge on any atom is 0.254 e. The summed E-state index contributed by atoms with van der Waals surface area (Å²) in [6.07, 6.45) is 1.63. The maximum atomic E-state index is 13.3. The van der Waals surface area contributed by atoms with Gasteiger partial charge in [0.1, 0.15) is 5.82 Å². The van der Waals surface area contributed by atoms with Crippen molar-refractivity contribution in [2.24, 2.45) is 11.8 Å². The highest BCUT2D eigenvalue weighted by atomic mass is 19.1. The zero-order valence-electron chi connectivity index (χ0n) is 14.9. The molecular weight excluding hydrogens is 323 g/mol. The fraction of sp³-hybridized carbons (Fsp3) is 0.579. The van der Waals surface area contributed by atoms with Crippen molar-refractivity contribution in [3.05, 3.63) is 35.1 Å². The van der Waals surface area contributed by atoms with Gasteiger partial charge in [-0.2, -0.15) is 0 Å². The monoisotopic (exact) mass is 348 g/mol. The second kappa shape index (κ2) is 7.12. The van der Waals surface area contributed by atoms with Gasteiger partial charge in [-0.25, -0.2) is 4.39 Å². The van der Waals surface area contributed by atoms with E-state index in [-0.39, 0.29) is 29.8 Å². The van der Waals surface area contributed by atoms with Crippen LogP contribution in [0.3, 0.4) is 0 Å². The number of nitrogens with zero attached hydrogens (tertiary/aromatic N) is 1. The smallest absolute Gasteiger partial charge is 0.254 e. The van der Waals surface area contributed by atoms with Gasteiger partial charge in [0.05, 0.1) is 12.1 Å². The number of benzene rings is 1. The molecule has 1 aromatic carbocycles. The number of aryl methyl sites for hydroxylation is 1. The van der Waals surface area contributed by atoms with Crippen molar-refractivity contribution in [1.82, 2.24) is 10.2 Å².